The Morgan fingerprint density at radius 3 is 2.85 bits per heavy atom. The molecule has 1 aromatic carbocycles. The van der Waals surface area contributed by atoms with Gasteiger partial charge in [-0.25, -0.2) is 9.37 Å². The summed E-state index contributed by atoms with van der Waals surface area (Å²) in [7, 11) is 1.40. The molecule has 0 aliphatic rings. The van der Waals surface area contributed by atoms with E-state index in [-0.39, 0.29) is 23.4 Å². The lowest BCUT2D eigenvalue weighted by molar-refractivity contribution is 0.0935. The summed E-state index contributed by atoms with van der Waals surface area (Å²) in [6.45, 7) is 1.76. The second-order valence-corrected chi connectivity index (χ2v) is 5.05. The van der Waals surface area contributed by atoms with Crippen molar-refractivity contribution >= 4 is 22.4 Å². The van der Waals surface area contributed by atoms with Crippen molar-refractivity contribution in [3.05, 3.63) is 40.7 Å². The van der Waals surface area contributed by atoms with Crippen LogP contribution in [-0.4, -0.2) is 18.0 Å². The molecular formula is C13H14FN3O2S. The summed E-state index contributed by atoms with van der Waals surface area (Å²) in [5, 5.41) is 4.64. The molecular weight excluding hydrogens is 281 g/mol. The van der Waals surface area contributed by atoms with Gasteiger partial charge in [0.25, 0.3) is 5.91 Å². The number of anilines is 1. The molecule has 0 aliphatic carbocycles. The number of thiazole rings is 1. The molecule has 0 radical (unpaired) electrons. The quantitative estimate of drug-likeness (QED) is 0.907. The van der Waals surface area contributed by atoms with Crippen LogP contribution in [0.15, 0.2) is 23.6 Å². The zero-order valence-electron chi connectivity index (χ0n) is 11.0. The van der Waals surface area contributed by atoms with Gasteiger partial charge in [-0.15, -0.1) is 11.3 Å². The number of hydrogen-bond acceptors (Lipinski definition) is 5. The van der Waals surface area contributed by atoms with Gasteiger partial charge in [-0.05, 0) is 24.6 Å². The summed E-state index contributed by atoms with van der Waals surface area (Å²) in [6, 6.07) is 4.20. The van der Waals surface area contributed by atoms with Crippen LogP contribution >= 0.6 is 11.3 Å². The van der Waals surface area contributed by atoms with Gasteiger partial charge in [0.05, 0.1) is 13.2 Å². The molecule has 20 heavy (non-hydrogen) atoms. The van der Waals surface area contributed by atoms with E-state index in [2.05, 4.69) is 10.3 Å². The van der Waals surface area contributed by atoms with Crippen molar-refractivity contribution in [2.75, 3.05) is 12.8 Å². The number of benzene rings is 1. The van der Waals surface area contributed by atoms with E-state index in [1.54, 1.807) is 18.4 Å². The lowest BCUT2D eigenvalue weighted by atomic mass is 10.1. The predicted octanol–water partition coefficient (Wildman–Crippen LogP) is 2.36. The molecule has 1 heterocycles. The Labute approximate surface area is 119 Å². The fourth-order valence-electron chi connectivity index (χ4n) is 1.70. The molecule has 0 fully saturated rings. The maximum absolute atomic E-state index is 13.6. The topological polar surface area (TPSA) is 77.2 Å². The highest BCUT2D eigenvalue weighted by Crippen LogP contribution is 2.22. The standard InChI is InChI=1S/C13H14FN3O2S/c1-7(8-3-4-11(19-2)9(14)5-8)16-12(18)10-6-20-13(15)17-10/h3-7H,1-2H3,(H2,15,17)(H,16,18). The lowest BCUT2D eigenvalue weighted by Gasteiger charge is -2.14. The van der Waals surface area contributed by atoms with Crippen molar-refractivity contribution in [2.24, 2.45) is 0 Å². The zero-order chi connectivity index (χ0) is 14.7. The minimum atomic E-state index is -0.469. The molecule has 1 amide bonds. The zero-order valence-corrected chi connectivity index (χ0v) is 11.8. The Balaban J connectivity index is 2.10. The van der Waals surface area contributed by atoms with E-state index in [0.29, 0.717) is 10.7 Å². The number of halogens is 1. The molecule has 0 saturated carbocycles. The highest BCUT2D eigenvalue weighted by Gasteiger charge is 2.15. The van der Waals surface area contributed by atoms with Crippen molar-refractivity contribution in [3.63, 3.8) is 0 Å². The molecule has 106 valence electrons. The molecule has 3 N–H and O–H groups in total. The monoisotopic (exact) mass is 295 g/mol. The van der Waals surface area contributed by atoms with Crippen LogP contribution in [0.25, 0.3) is 0 Å². The maximum Gasteiger partial charge on any atom is 0.271 e. The summed E-state index contributed by atoms with van der Waals surface area (Å²) >= 11 is 1.19. The Bertz CT molecular complexity index is 630. The first-order valence-electron chi connectivity index (χ1n) is 5.86. The molecule has 0 bridgehead atoms. The number of carbonyl (C=O) groups is 1. The van der Waals surface area contributed by atoms with Crippen LogP contribution < -0.4 is 15.8 Å². The Kier molecular flexibility index (Phi) is 4.19. The third kappa shape index (κ3) is 3.05. The van der Waals surface area contributed by atoms with Crippen LogP contribution in [0.4, 0.5) is 9.52 Å². The largest absolute Gasteiger partial charge is 0.494 e. The average molecular weight is 295 g/mol. The van der Waals surface area contributed by atoms with Crippen LogP contribution in [0, 0.1) is 5.82 Å². The number of nitrogens with two attached hydrogens (primary N) is 1. The van der Waals surface area contributed by atoms with Crippen molar-refractivity contribution in [1.82, 2.24) is 10.3 Å². The number of nitrogen functional groups attached to an aromatic ring is 1. The molecule has 0 spiro atoms. The smallest absolute Gasteiger partial charge is 0.271 e. The minimum Gasteiger partial charge on any atom is -0.494 e. The third-order valence-electron chi connectivity index (χ3n) is 2.78. The molecule has 2 aromatic rings. The van der Waals surface area contributed by atoms with E-state index in [1.807, 2.05) is 0 Å². The van der Waals surface area contributed by atoms with E-state index in [1.165, 1.54) is 30.6 Å². The van der Waals surface area contributed by atoms with Crippen LogP contribution in [0.2, 0.25) is 0 Å². The van der Waals surface area contributed by atoms with Crippen LogP contribution in [0.1, 0.15) is 29.0 Å². The molecule has 1 atom stereocenters. The van der Waals surface area contributed by atoms with E-state index in [4.69, 9.17) is 10.5 Å². The highest BCUT2D eigenvalue weighted by molar-refractivity contribution is 7.13. The highest BCUT2D eigenvalue weighted by atomic mass is 32.1. The van der Waals surface area contributed by atoms with Gasteiger partial charge in [-0.2, -0.15) is 0 Å². The van der Waals surface area contributed by atoms with Crippen molar-refractivity contribution in [1.29, 1.82) is 0 Å². The summed E-state index contributed by atoms with van der Waals surface area (Å²) in [5.41, 5.74) is 6.37. The molecule has 2 rings (SSSR count). The van der Waals surface area contributed by atoms with E-state index in [0.717, 1.165) is 0 Å². The number of methoxy groups -OCH3 is 1. The van der Waals surface area contributed by atoms with Crippen LogP contribution in [0.3, 0.4) is 0 Å². The minimum absolute atomic E-state index is 0.166. The van der Waals surface area contributed by atoms with Gasteiger partial charge in [0, 0.05) is 5.38 Å². The number of rotatable bonds is 4. The van der Waals surface area contributed by atoms with Gasteiger partial charge in [0.2, 0.25) is 0 Å². The van der Waals surface area contributed by atoms with Gasteiger partial charge in [-0.1, -0.05) is 6.07 Å². The summed E-state index contributed by atoms with van der Waals surface area (Å²) in [6.07, 6.45) is 0. The number of nitrogens with zero attached hydrogens (tertiary/aromatic N) is 1. The number of nitrogens with one attached hydrogen (secondary N) is 1. The Morgan fingerprint density at radius 2 is 2.30 bits per heavy atom. The molecule has 0 saturated heterocycles. The molecule has 0 aliphatic heterocycles. The van der Waals surface area contributed by atoms with E-state index < -0.39 is 5.82 Å². The third-order valence-corrected chi connectivity index (χ3v) is 3.45. The number of aromatic nitrogens is 1. The molecule has 1 unspecified atom stereocenters. The van der Waals surface area contributed by atoms with Gasteiger partial charge in [-0.3, -0.25) is 4.79 Å². The number of hydrogen-bond donors (Lipinski definition) is 2. The fraction of sp³-hybridized carbons (Fsp3) is 0.231. The lowest BCUT2D eigenvalue weighted by Crippen LogP contribution is -2.27. The number of carbonyl (C=O) groups excluding carboxylic acids is 1. The molecule has 5 nitrogen and oxygen atoms in total. The molecule has 7 heteroatoms. The first-order valence-corrected chi connectivity index (χ1v) is 6.74. The summed E-state index contributed by atoms with van der Waals surface area (Å²) in [5.74, 6) is -0.648. The van der Waals surface area contributed by atoms with Crippen LogP contribution in [0.5, 0.6) is 5.75 Å². The number of ether oxygens (including phenoxy) is 1. The average Bonchev–Trinajstić information content (AvgIpc) is 2.85. The van der Waals surface area contributed by atoms with Gasteiger partial charge in [0.15, 0.2) is 16.7 Å². The second-order valence-electron chi connectivity index (χ2n) is 4.16. The van der Waals surface area contributed by atoms with Gasteiger partial charge in [0.1, 0.15) is 5.69 Å². The van der Waals surface area contributed by atoms with Crippen molar-refractivity contribution in [2.45, 2.75) is 13.0 Å². The Hall–Kier alpha value is -2.15. The summed E-state index contributed by atoms with van der Waals surface area (Å²) in [4.78, 5) is 15.8. The Morgan fingerprint density at radius 1 is 1.55 bits per heavy atom. The van der Waals surface area contributed by atoms with E-state index >= 15 is 0 Å². The second kappa shape index (κ2) is 5.87. The fourth-order valence-corrected chi connectivity index (χ4v) is 2.24. The number of amides is 1. The predicted molar refractivity (Wildman–Crippen MR) is 75.4 cm³/mol. The van der Waals surface area contributed by atoms with Crippen molar-refractivity contribution < 1.29 is 13.9 Å². The normalized spacial score (nSPS) is 11.9. The summed E-state index contributed by atoms with van der Waals surface area (Å²) < 4.78 is 18.5. The first-order chi connectivity index (χ1) is 9.51. The van der Waals surface area contributed by atoms with E-state index in [9.17, 15) is 9.18 Å². The van der Waals surface area contributed by atoms with Crippen molar-refractivity contribution in [3.8, 4) is 5.75 Å². The van der Waals surface area contributed by atoms with Crippen LogP contribution in [-0.2, 0) is 0 Å². The molecule has 1 aromatic heterocycles. The SMILES string of the molecule is COc1ccc(C(C)NC(=O)c2csc(N)n2)cc1F. The maximum atomic E-state index is 13.6. The van der Waals surface area contributed by atoms with Gasteiger partial charge >= 0.3 is 0 Å². The first kappa shape index (κ1) is 14.3. The van der Waals surface area contributed by atoms with Gasteiger partial charge < -0.3 is 15.8 Å².